The van der Waals surface area contributed by atoms with Crippen molar-refractivity contribution in [2.45, 2.75) is 31.6 Å². The first kappa shape index (κ1) is 19.8. The van der Waals surface area contributed by atoms with E-state index in [1.54, 1.807) is 0 Å². The van der Waals surface area contributed by atoms with Gasteiger partial charge in [0.1, 0.15) is 5.82 Å². The number of amides is 1. The quantitative estimate of drug-likeness (QED) is 0.366. The number of carbonyl (C=O) groups excluding carboxylic acids is 1. The molecule has 0 radical (unpaired) electrons. The lowest BCUT2D eigenvalue weighted by Gasteiger charge is -2.23. The van der Waals surface area contributed by atoms with Crippen LogP contribution in [0.5, 0.6) is 0 Å². The minimum absolute atomic E-state index is 0.0379. The van der Waals surface area contributed by atoms with Crippen molar-refractivity contribution in [2.24, 2.45) is 5.92 Å². The maximum atomic E-state index is 13.4. The molecule has 4 nitrogen and oxygen atoms in total. The highest BCUT2D eigenvalue weighted by molar-refractivity contribution is 6.33. The number of para-hydroxylation sites is 2. The van der Waals surface area contributed by atoms with E-state index in [1.807, 2.05) is 60.7 Å². The molecule has 5 rings (SSSR count). The molecule has 1 atom stereocenters. The molecule has 0 aliphatic heterocycles. The summed E-state index contributed by atoms with van der Waals surface area (Å²) < 4.78 is 0. The van der Waals surface area contributed by atoms with Crippen molar-refractivity contribution in [3.05, 3.63) is 83.4 Å². The molecule has 2 N–H and O–H groups in total. The predicted molar refractivity (Wildman–Crippen MR) is 126 cm³/mol. The second kappa shape index (κ2) is 8.56. The average molecular weight is 430 g/mol. The molecule has 1 aliphatic rings. The molecule has 3 aromatic carbocycles. The van der Waals surface area contributed by atoms with Crippen LogP contribution in [0.25, 0.3) is 22.4 Å². The molecule has 5 heteroatoms. The first-order chi connectivity index (χ1) is 15.2. The minimum Gasteiger partial charge on any atom is -0.338 e. The number of fused-ring (bicyclic) bond motifs is 1. The van der Waals surface area contributed by atoms with Gasteiger partial charge in [-0.15, -0.1) is 0 Å². The highest BCUT2D eigenvalue weighted by Crippen LogP contribution is 2.38. The molecule has 0 bridgehead atoms. The average Bonchev–Trinajstić information content (AvgIpc) is 3.46. The minimum atomic E-state index is -0.144. The zero-order chi connectivity index (χ0) is 21.2. The lowest BCUT2D eigenvalue weighted by Crippen LogP contribution is -2.26. The van der Waals surface area contributed by atoms with Gasteiger partial charge in [-0.05, 0) is 54.7 Å². The van der Waals surface area contributed by atoms with Gasteiger partial charge in [-0.3, -0.25) is 4.79 Å². The van der Waals surface area contributed by atoms with Gasteiger partial charge in [0.25, 0.3) is 0 Å². The number of halogens is 1. The molecule has 1 heterocycles. The summed E-state index contributed by atoms with van der Waals surface area (Å²) in [6, 6.07) is 23.6. The second-order valence-electron chi connectivity index (χ2n) is 8.22. The van der Waals surface area contributed by atoms with Crippen molar-refractivity contribution in [1.82, 2.24) is 9.97 Å². The van der Waals surface area contributed by atoms with Crippen LogP contribution >= 0.6 is 11.6 Å². The lowest BCUT2D eigenvalue weighted by molar-refractivity contribution is -0.118. The Kier molecular flexibility index (Phi) is 5.47. The standard InChI is InChI=1S/C26H24ClN3O/c27-21-15-14-19(16-20(21)25-29-22-12-6-7-13-23(22)30-25)28-26(31)24(18-10-4-5-11-18)17-8-2-1-3-9-17/h1-3,6-9,12-16,18,24H,4-5,10-11H2,(H,28,31)(H,29,30). The van der Waals surface area contributed by atoms with Crippen LogP contribution in [0.3, 0.4) is 0 Å². The SMILES string of the molecule is O=C(Nc1ccc(Cl)c(-c2nc3ccccc3[nH]2)c1)C(c1ccccc1)C1CCCC1. The molecular formula is C26H24ClN3O. The van der Waals surface area contributed by atoms with E-state index in [0.29, 0.717) is 16.8 Å². The molecule has 0 saturated heterocycles. The summed E-state index contributed by atoms with van der Waals surface area (Å²) in [7, 11) is 0. The van der Waals surface area contributed by atoms with Crippen molar-refractivity contribution in [3.8, 4) is 11.4 Å². The summed E-state index contributed by atoms with van der Waals surface area (Å²) in [6.45, 7) is 0. The maximum Gasteiger partial charge on any atom is 0.232 e. The number of imidazole rings is 1. The monoisotopic (exact) mass is 429 g/mol. The fourth-order valence-corrected chi connectivity index (χ4v) is 4.88. The van der Waals surface area contributed by atoms with Crippen molar-refractivity contribution in [1.29, 1.82) is 0 Å². The Labute approximate surface area is 186 Å². The molecule has 1 aliphatic carbocycles. The molecule has 0 spiro atoms. The van der Waals surface area contributed by atoms with Gasteiger partial charge in [0.15, 0.2) is 0 Å². The fourth-order valence-electron chi connectivity index (χ4n) is 4.67. The zero-order valence-electron chi connectivity index (χ0n) is 17.1. The molecular weight excluding hydrogens is 406 g/mol. The van der Waals surface area contributed by atoms with Gasteiger partial charge in [0.05, 0.1) is 22.0 Å². The van der Waals surface area contributed by atoms with Crippen LogP contribution in [0.4, 0.5) is 5.69 Å². The Hall–Kier alpha value is -3.11. The number of aromatic nitrogens is 2. The summed E-state index contributed by atoms with van der Waals surface area (Å²) in [5.74, 6) is 0.965. The Morgan fingerprint density at radius 3 is 2.52 bits per heavy atom. The third-order valence-electron chi connectivity index (χ3n) is 6.19. The Balaban J connectivity index is 1.45. The van der Waals surface area contributed by atoms with E-state index in [1.165, 1.54) is 12.8 Å². The third-order valence-corrected chi connectivity index (χ3v) is 6.52. The Morgan fingerprint density at radius 2 is 1.74 bits per heavy atom. The maximum absolute atomic E-state index is 13.4. The lowest BCUT2D eigenvalue weighted by atomic mass is 9.84. The number of nitrogens with zero attached hydrogens (tertiary/aromatic N) is 1. The summed E-state index contributed by atoms with van der Waals surface area (Å²) in [5, 5.41) is 3.74. The largest absolute Gasteiger partial charge is 0.338 e. The topological polar surface area (TPSA) is 57.8 Å². The van der Waals surface area contributed by atoms with E-state index in [2.05, 4.69) is 27.4 Å². The number of hydrogen-bond donors (Lipinski definition) is 2. The van der Waals surface area contributed by atoms with Gasteiger partial charge in [-0.1, -0.05) is 66.9 Å². The number of carbonyl (C=O) groups is 1. The van der Waals surface area contributed by atoms with E-state index in [0.717, 1.165) is 40.7 Å². The second-order valence-corrected chi connectivity index (χ2v) is 8.63. The summed E-state index contributed by atoms with van der Waals surface area (Å²) in [5.41, 5.74) is 4.41. The number of aromatic amines is 1. The van der Waals surface area contributed by atoms with Crippen molar-refractivity contribution in [3.63, 3.8) is 0 Å². The van der Waals surface area contributed by atoms with Crippen LogP contribution in [0.1, 0.15) is 37.2 Å². The molecule has 1 aromatic heterocycles. The van der Waals surface area contributed by atoms with Crippen LogP contribution in [-0.2, 0) is 4.79 Å². The van der Waals surface area contributed by atoms with Gasteiger partial charge in [-0.2, -0.15) is 0 Å². The number of H-pyrrole nitrogens is 1. The Bertz CT molecular complexity index is 1180. The van der Waals surface area contributed by atoms with E-state index in [-0.39, 0.29) is 11.8 Å². The third kappa shape index (κ3) is 4.08. The van der Waals surface area contributed by atoms with E-state index < -0.39 is 0 Å². The highest BCUT2D eigenvalue weighted by Gasteiger charge is 2.32. The molecule has 1 unspecified atom stereocenters. The normalized spacial score (nSPS) is 15.3. The van der Waals surface area contributed by atoms with E-state index in [4.69, 9.17) is 11.6 Å². The molecule has 4 aromatic rings. The molecule has 1 fully saturated rings. The Morgan fingerprint density at radius 1 is 1.00 bits per heavy atom. The number of benzene rings is 3. The highest BCUT2D eigenvalue weighted by atomic mass is 35.5. The number of hydrogen-bond acceptors (Lipinski definition) is 2. The van der Waals surface area contributed by atoms with Crippen LogP contribution in [0, 0.1) is 5.92 Å². The summed E-state index contributed by atoms with van der Waals surface area (Å²) in [6.07, 6.45) is 4.58. The number of rotatable bonds is 5. The van der Waals surface area contributed by atoms with Crippen molar-refractivity contribution < 1.29 is 4.79 Å². The van der Waals surface area contributed by atoms with Crippen molar-refractivity contribution in [2.75, 3.05) is 5.32 Å². The van der Waals surface area contributed by atoms with Gasteiger partial charge in [-0.25, -0.2) is 4.98 Å². The number of anilines is 1. The van der Waals surface area contributed by atoms with Crippen LogP contribution in [0.15, 0.2) is 72.8 Å². The number of nitrogens with one attached hydrogen (secondary N) is 2. The zero-order valence-corrected chi connectivity index (χ0v) is 17.9. The first-order valence-corrected chi connectivity index (χ1v) is 11.2. The van der Waals surface area contributed by atoms with Crippen LogP contribution in [-0.4, -0.2) is 15.9 Å². The van der Waals surface area contributed by atoms with Gasteiger partial charge in [0.2, 0.25) is 5.91 Å². The van der Waals surface area contributed by atoms with Gasteiger partial charge in [0, 0.05) is 11.3 Å². The molecule has 1 saturated carbocycles. The van der Waals surface area contributed by atoms with Crippen molar-refractivity contribution >= 4 is 34.2 Å². The molecule has 31 heavy (non-hydrogen) atoms. The fraction of sp³-hybridized carbons (Fsp3) is 0.231. The summed E-state index contributed by atoms with van der Waals surface area (Å²) in [4.78, 5) is 21.4. The van der Waals surface area contributed by atoms with Crippen LogP contribution < -0.4 is 5.32 Å². The molecule has 1 amide bonds. The van der Waals surface area contributed by atoms with E-state index >= 15 is 0 Å². The smallest absolute Gasteiger partial charge is 0.232 e. The first-order valence-electron chi connectivity index (χ1n) is 10.8. The predicted octanol–water partition coefficient (Wildman–Crippen LogP) is 6.80. The summed E-state index contributed by atoms with van der Waals surface area (Å²) >= 11 is 6.48. The molecule has 156 valence electrons. The van der Waals surface area contributed by atoms with Crippen LogP contribution in [0.2, 0.25) is 5.02 Å². The van der Waals surface area contributed by atoms with E-state index in [9.17, 15) is 4.79 Å². The van der Waals surface area contributed by atoms with Gasteiger partial charge < -0.3 is 10.3 Å². The van der Waals surface area contributed by atoms with Gasteiger partial charge >= 0.3 is 0 Å².